The van der Waals surface area contributed by atoms with Crippen LogP contribution in [-0.2, 0) is 64.1 Å². The van der Waals surface area contributed by atoms with E-state index in [1.807, 2.05) is 19.2 Å². The number of hydrogen-bond acceptors (Lipinski definition) is 19. The molecule has 78 heavy (non-hydrogen) atoms. The molecule has 444 valence electrons. The third-order valence-electron chi connectivity index (χ3n) is 11.6. The van der Waals surface area contributed by atoms with E-state index >= 15 is 0 Å². The Morgan fingerprint density at radius 3 is 1.76 bits per heavy atom. The predicted octanol–water partition coefficient (Wildman–Crippen LogP) is -0.298. The number of sulfonamides is 1. The van der Waals surface area contributed by atoms with E-state index in [1.165, 1.54) is 0 Å². The third kappa shape index (κ3) is 29.9. The molecule has 0 saturated carbocycles. The summed E-state index contributed by atoms with van der Waals surface area (Å²) in [5, 5.41) is 30.4. The minimum absolute atomic E-state index is 0.0286. The molecule has 0 aromatic heterocycles. The first kappa shape index (κ1) is 68.2. The van der Waals surface area contributed by atoms with E-state index in [0.717, 1.165) is 16.7 Å². The van der Waals surface area contributed by atoms with Crippen molar-refractivity contribution < 1.29 is 70.6 Å². The monoisotopic (exact) mass is 1170 g/mol. The molecule has 1 heterocycles. The van der Waals surface area contributed by atoms with Crippen molar-refractivity contribution >= 4 is 57.2 Å². The Morgan fingerprint density at radius 1 is 0.654 bits per heavy atom. The van der Waals surface area contributed by atoms with Gasteiger partial charge in [0.1, 0.15) is 13.2 Å². The summed E-state index contributed by atoms with van der Waals surface area (Å²) in [4.78, 5) is 52.1. The highest BCUT2D eigenvalue weighted by Crippen LogP contribution is 2.39. The van der Waals surface area contributed by atoms with Crippen LogP contribution in [0, 0.1) is 0 Å². The summed E-state index contributed by atoms with van der Waals surface area (Å²) in [6.45, 7) is 6.69. The standard InChI is InChI=1S/C49H83Cl2N11O15S/c1-62-32-42(41-30-39(50)31-44(51)43(41)33-62)38-3-2-4-40(29-38)78(68,69)60-16-22-75-28-27-74-21-15-59-48(67)57-12-7-49(61-45(63)34-76-35-46(64)65,6-11-56-47(66)58-14-20-73-26-24-71-18-9-53)5-10-54-36-77-37-55-13-19-72-25-23-70-17-8-52/h2-4,29-31,42,54-55,60H,5-28,32-37,52-53H2,1H3,(H,61,63)(H,64,65)(H2,56,58,66)(H2,57,59,67)/t42-,49?/m0/s1. The lowest BCUT2D eigenvalue weighted by molar-refractivity contribution is -0.143. The number of urea groups is 2. The highest BCUT2D eigenvalue weighted by Gasteiger charge is 2.32. The van der Waals surface area contributed by atoms with Crippen LogP contribution in [0.15, 0.2) is 41.3 Å². The molecule has 5 amide bonds. The first-order valence-corrected chi connectivity index (χ1v) is 28.2. The van der Waals surface area contributed by atoms with Gasteiger partial charge < -0.3 is 86.0 Å². The number of likely N-dealkylation sites (N-methyl/N-ethyl adjacent to an activating group) is 1. The molecule has 26 nitrogen and oxygen atoms in total. The lowest BCUT2D eigenvalue weighted by atomic mass is 9.85. The molecule has 13 N–H and O–H groups in total. The van der Waals surface area contributed by atoms with E-state index in [2.05, 4.69) is 46.8 Å². The van der Waals surface area contributed by atoms with Crippen LogP contribution in [0.25, 0.3) is 0 Å². The van der Waals surface area contributed by atoms with Crippen molar-refractivity contribution in [2.75, 3.05) is 178 Å². The fourth-order valence-electron chi connectivity index (χ4n) is 7.86. The Balaban J connectivity index is 1.44. The molecule has 0 radical (unpaired) electrons. The van der Waals surface area contributed by atoms with Gasteiger partial charge >= 0.3 is 18.0 Å². The van der Waals surface area contributed by atoms with Crippen LogP contribution in [0.1, 0.15) is 41.9 Å². The molecule has 0 saturated heterocycles. The third-order valence-corrected chi connectivity index (χ3v) is 13.6. The maximum atomic E-state index is 13.3. The van der Waals surface area contributed by atoms with Crippen LogP contribution < -0.4 is 53.4 Å². The first-order valence-electron chi connectivity index (χ1n) is 25.9. The predicted molar refractivity (Wildman–Crippen MR) is 292 cm³/mol. The van der Waals surface area contributed by atoms with Crippen LogP contribution in [-0.4, -0.2) is 226 Å². The largest absolute Gasteiger partial charge is 0.480 e. The minimum atomic E-state index is -3.85. The number of carbonyl (C=O) groups excluding carboxylic acids is 3. The fourth-order valence-corrected chi connectivity index (χ4v) is 9.50. The maximum absolute atomic E-state index is 13.3. The number of carboxylic acids is 1. The van der Waals surface area contributed by atoms with Gasteiger partial charge in [-0.15, -0.1) is 0 Å². The second-order valence-electron chi connectivity index (χ2n) is 17.7. The number of ether oxygens (including phenoxy) is 8. The van der Waals surface area contributed by atoms with E-state index < -0.39 is 52.7 Å². The summed E-state index contributed by atoms with van der Waals surface area (Å²) >= 11 is 12.9. The van der Waals surface area contributed by atoms with E-state index in [-0.39, 0.29) is 103 Å². The van der Waals surface area contributed by atoms with Crippen molar-refractivity contribution in [3.05, 3.63) is 63.1 Å². The number of nitrogens with one attached hydrogen (secondary N) is 8. The van der Waals surface area contributed by atoms with Gasteiger partial charge in [-0.05, 0) is 73.8 Å². The van der Waals surface area contributed by atoms with E-state index in [0.29, 0.717) is 102 Å². The molecule has 2 aromatic rings. The zero-order valence-corrected chi connectivity index (χ0v) is 47.0. The zero-order chi connectivity index (χ0) is 56.7. The number of aliphatic carboxylic acids is 1. The summed E-state index contributed by atoms with van der Waals surface area (Å²) in [6.07, 6.45) is 0.713. The number of nitrogens with two attached hydrogens (primary N) is 2. The molecule has 29 heteroatoms. The number of hydrogen-bond donors (Lipinski definition) is 11. The van der Waals surface area contributed by atoms with E-state index in [1.54, 1.807) is 24.3 Å². The van der Waals surface area contributed by atoms with E-state index in [4.69, 9.17) is 77.7 Å². The minimum Gasteiger partial charge on any atom is -0.480 e. The van der Waals surface area contributed by atoms with Gasteiger partial charge in [-0.3, -0.25) is 15.4 Å². The number of carbonyl (C=O) groups is 4. The molecular weight excluding hydrogens is 1090 g/mol. The average molecular weight is 1170 g/mol. The highest BCUT2D eigenvalue weighted by atomic mass is 35.5. The van der Waals surface area contributed by atoms with Crippen LogP contribution in [0.4, 0.5) is 9.59 Å². The summed E-state index contributed by atoms with van der Waals surface area (Å²) in [7, 11) is -1.87. The molecule has 0 bridgehead atoms. The van der Waals surface area contributed by atoms with Crippen molar-refractivity contribution in [2.45, 2.75) is 42.2 Å². The molecule has 1 aliphatic rings. The first-order chi connectivity index (χ1) is 37.7. The van der Waals surface area contributed by atoms with Crippen molar-refractivity contribution in [2.24, 2.45) is 11.5 Å². The molecule has 2 atom stereocenters. The van der Waals surface area contributed by atoms with Gasteiger partial charge in [-0.25, -0.2) is 27.5 Å². The molecule has 1 aliphatic heterocycles. The van der Waals surface area contributed by atoms with Crippen molar-refractivity contribution in [3.63, 3.8) is 0 Å². The molecule has 2 aromatic carbocycles. The Labute approximate surface area is 468 Å². The summed E-state index contributed by atoms with van der Waals surface area (Å²) in [6, 6.07) is 9.46. The van der Waals surface area contributed by atoms with Gasteiger partial charge in [-0.2, -0.15) is 0 Å². The summed E-state index contributed by atoms with van der Waals surface area (Å²) < 4.78 is 72.5. The molecule has 1 unspecified atom stereocenters. The Bertz CT molecular complexity index is 2150. The maximum Gasteiger partial charge on any atom is 0.329 e. The van der Waals surface area contributed by atoms with Gasteiger partial charge in [0.15, 0.2) is 0 Å². The Morgan fingerprint density at radius 2 is 1.18 bits per heavy atom. The van der Waals surface area contributed by atoms with Crippen molar-refractivity contribution in [1.29, 1.82) is 0 Å². The number of benzene rings is 2. The second kappa shape index (κ2) is 41.0. The lowest BCUT2D eigenvalue weighted by Gasteiger charge is -2.35. The second-order valence-corrected chi connectivity index (χ2v) is 20.4. The van der Waals surface area contributed by atoms with Gasteiger partial charge in [0.05, 0.1) is 97.6 Å². The Kier molecular flexibility index (Phi) is 35.8. The Hall–Kier alpha value is -4.11. The number of fused-ring (bicyclic) bond motifs is 1. The molecule has 0 aliphatic carbocycles. The summed E-state index contributed by atoms with van der Waals surface area (Å²) in [5.41, 5.74) is 12.5. The average Bonchev–Trinajstić information content (AvgIpc) is 3.45. The van der Waals surface area contributed by atoms with Crippen LogP contribution >= 0.6 is 23.2 Å². The zero-order valence-electron chi connectivity index (χ0n) is 44.7. The van der Waals surface area contributed by atoms with Crippen LogP contribution in [0.5, 0.6) is 0 Å². The van der Waals surface area contributed by atoms with Crippen molar-refractivity contribution in [1.82, 2.24) is 46.8 Å². The van der Waals surface area contributed by atoms with Gasteiger partial charge in [0.25, 0.3) is 0 Å². The SMILES string of the molecule is CN1Cc2c(Cl)cc(Cl)cc2[C@H](c2cccc(S(=O)(=O)NCCOCCOCCNC(=O)NCCC(CCNCOCNCCOCCOCCN)(CCNC(=O)NCCOCCOCCN)NC(=O)COCC(=O)O)c2)C1. The normalized spacial score (nSPS) is 14.3. The number of halogens is 2. The van der Waals surface area contributed by atoms with Crippen LogP contribution in [0.2, 0.25) is 10.0 Å². The van der Waals surface area contributed by atoms with Crippen LogP contribution in [0.3, 0.4) is 0 Å². The molecule has 3 rings (SSSR count). The van der Waals surface area contributed by atoms with Gasteiger partial charge in [0.2, 0.25) is 15.9 Å². The van der Waals surface area contributed by atoms with Gasteiger partial charge in [-0.1, -0.05) is 35.3 Å². The number of carboxylic acid groups (broad SMARTS) is 1. The quantitative estimate of drug-likeness (QED) is 0.0299. The summed E-state index contributed by atoms with van der Waals surface area (Å²) in [5.74, 6) is -1.96. The molecular formula is C49H83Cl2N11O15S. The van der Waals surface area contributed by atoms with E-state index in [9.17, 15) is 27.6 Å². The lowest BCUT2D eigenvalue weighted by Crippen LogP contribution is -2.55. The molecule has 0 fully saturated rings. The number of amides is 5. The topological polar surface area (TPSA) is 348 Å². The highest BCUT2D eigenvalue weighted by molar-refractivity contribution is 7.89. The number of nitrogens with zero attached hydrogens (tertiary/aromatic N) is 1. The number of rotatable bonds is 46. The molecule has 0 spiro atoms. The fraction of sp³-hybridized carbons (Fsp3) is 0.673. The van der Waals surface area contributed by atoms with Crippen molar-refractivity contribution in [3.8, 4) is 0 Å². The van der Waals surface area contributed by atoms with Gasteiger partial charge in [0, 0.05) is 86.9 Å². The smallest absolute Gasteiger partial charge is 0.329 e.